The summed E-state index contributed by atoms with van der Waals surface area (Å²) in [6.07, 6.45) is 38.3. The number of hydrogen-bond donors (Lipinski definition) is 1. The Morgan fingerprint density at radius 1 is 0.632 bits per heavy atom. The molecule has 0 bridgehead atoms. The zero-order valence-corrected chi connectivity index (χ0v) is 24.7. The maximum Gasteiger partial charge on any atom is 0.307 e. The van der Waals surface area contributed by atoms with E-state index in [1.54, 1.807) is 0 Å². The van der Waals surface area contributed by atoms with Crippen LogP contribution in [-0.4, -0.2) is 23.1 Å². The fourth-order valence-electron chi connectivity index (χ4n) is 4.31. The average molecular weight is 531 g/mol. The third kappa shape index (κ3) is 28.5. The smallest absolute Gasteiger partial charge is 0.307 e. The van der Waals surface area contributed by atoms with E-state index >= 15 is 0 Å². The van der Waals surface area contributed by atoms with E-state index in [-0.39, 0.29) is 12.4 Å². The average Bonchev–Trinajstić information content (AvgIpc) is 2.89. The number of hydrogen-bond acceptors (Lipinski definition) is 3. The number of aliphatic carboxylic acids is 1. The Morgan fingerprint density at radius 2 is 1.13 bits per heavy atom. The van der Waals surface area contributed by atoms with Crippen molar-refractivity contribution in [3.63, 3.8) is 0 Å². The van der Waals surface area contributed by atoms with Crippen molar-refractivity contribution in [2.75, 3.05) is 0 Å². The topological polar surface area (TPSA) is 63.6 Å². The molecule has 1 N–H and O–H groups in total. The first-order valence-electron chi connectivity index (χ1n) is 15.6. The Labute approximate surface area is 234 Å². The molecular weight excluding hydrogens is 472 g/mol. The number of ether oxygens (including phenoxy) is 1. The van der Waals surface area contributed by atoms with Gasteiger partial charge in [0.2, 0.25) is 0 Å². The van der Waals surface area contributed by atoms with Gasteiger partial charge in [0.25, 0.3) is 0 Å². The molecule has 0 spiro atoms. The Bertz CT molecular complexity index is 659. The van der Waals surface area contributed by atoms with Crippen molar-refractivity contribution in [2.45, 2.75) is 155 Å². The lowest BCUT2D eigenvalue weighted by atomic mass is 10.0. The number of carboxylic acids is 1. The number of esters is 1. The molecule has 0 amide bonds. The largest absolute Gasteiger partial charge is 0.481 e. The second kappa shape index (κ2) is 29.5. The second-order valence-corrected chi connectivity index (χ2v) is 10.3. The minimum Gasteiger partial charge on any atom is -0.481 e. The van der Waals surface area contributed by atoms with Crippen LogP contribution < -0.4 is 0 Å². The molecular formula is C34H58O4. The van der Waals surface area contributed by atoms with Crippen LogP contribution in [0.4, 0.5) is 0 Å². The molecule has 218 valence electrons. The van der Waals surface area contributed by atoms with E-state index in [1.807, 2.05) is 0 Å². The molecule has 0 saturated carbocycles. The van der Waals surface area contributed by atoms with Gasteiger partial charge in [0.1, 0.15) is 6.10 Å². The van der Waals surface area contributed by atoms with Crippen LogP contribution in [0, 0.1) is 0 Å². The van der Waals surface area contributed by atoms with Crippen LogP contribution in [0.1, 0.15) is 149 Å². The van der Waals surface area contributed by atoms with E-state index in [0.29, 0.717) is 12.8 Å². The molecule has 0 aliphatic rings. The molecule has 0 heterocycles. The molecule has 1 atom stereocenters. The summed E-state index contributed by atoms with van der Waals surface area (Å²) in [7, 11) is 0. The van der Waals surface area contributed by atoms with Gasteiger partial charge in [0, 0.05) is 6.42 Å². The first-order chi connectivity index (χ1) is 18.6. The van der Waals surface area contributed by atoms with Gasteiger partial charge >= 0.3 is 11.9 Å². The lowest BCUT2D eigenvalue weighted by molar-refractivity contribution is -0.153. The number of carbonyl (C=O) groups is 2. The van der Waals surface area contributed by atoms with Crippen LogP contribution in [0.5, 0.6) is 0 Å². The highest BCUT2D eigenvalue weighted by Gasteiger charge is 2.17. The Hall–Kier alpha value is -2.10. The number of carbonyl (C=O) groups excluding carboxylic acids is 1. The quantitative estimate of drug-likeness (QED) is 0.0651. The molecule has 0 aromatic carbocycles. The zero-order valence-electron chi connectivity index (χ0n) is 24.7. The van der Waals surface area contributed by atoms with E-state index in [1.165, 1.54) is 57.8 Å². The molecule has 1 unspecified atom stereocenters. The number of carboxylic acid groups (broad SMARTS) is 1. The standard InChI is InChI=1S/C34H58O4/c1-3-5-7-9-11-13-15-16-17-18-20-22-24-26-28-30-34(37)38-32(31-33(35)36)29-27-25-23-21-19-14-12-10-8-6-4-2/h5,7,11,13,16-17,20,22,32H,3-4,6,8-10,12,14-15,18-19,21,23-31H2,1-2H3,(H,35,36)/b7-5-,13-11-,17-16-,22-20-. The van der Waals surface area contributed by atoms with E-state index in [2.05, 4.69) is 62.5 Å². The summed E-state index contributed by atoms with van der Waals surface area (Å²) in [6, 6.07) is 0. The van der Waals surface area contributed by atoms with Gasteiger partial charge < -0.3 is 9.84 Å². The van der Waals surface area contributed by atoms with Gasteiger partial charge in [0.15, 0.2) is 0 Å². The predicted molar refractivity (Wildman–Crippen MR) is 162 cm³/mol. The highest BCUT2D eigenvalue weighted by Crippen LogP contribution is 2.16. The Morgan fingerprint density at radius 3 is 1.66 bits per heavy atom. The molecule has 0 fully saturated rings. The molecule has 4 nitrogen and oxygen atoms in total. The summed E-state index contributed by atoms with van der Waals surface area (Å²) in [5.74, 6) is -1.16. The second-order valence-electron chi connectivity index (χ2n) is 10.3. The SMILES string of the molecule is CC/C=C\C/C=C\C/C=C\C/C=C\CCCCC(=O)OC(CCCCCCCCCCCCC)CC(=O)O. The summed E-state index contributed by atoms with van der Waals surface area (Å²) in [5.41, 5.74) is 0. The molecule has 0 saturated heterocycles. The predicted octanol–water partition coefficient (Wildman–Crippen LogP) is 10.4. The van der Waals surface area contributed by atoms with Gasteiger partial charge in [-0.1, -0.05) is 127 Å². The summed E-state index contributed by atoms with van der Waals surface area (Å²) >= 11 is 0. The molecule has 0 aliphatic heterocycles. The molecule has 0 rings (SSSR count). The van der Waals surface area contributed by atoms with Crippen molar-refractivity contribution in [3.05, 3.63) is 48.6 Å². The van der Waals surface area contributed by atoms with Gasteiger partial charge in [-0.15, -0.1) is 0 Å². The normalized spacial score (nSPS) is 12.9. The van der Waals surface area contributed by atoms with Crippen molar-refractivity contribution in [1.82, 2.24) is 0 Å². The van der Waals surface area contributed by atoms with Gasteiger partial charge in [-0.3, -0.25) is 9.59 Å². The first kappa shape index (κ1) is 35.9. The highest BCUT2D eigenvalue weighted by molar-refractivity contribution is 5.71. The minimum atomic E-state index is -0.898. The molecule has 0 aliphatic carbocycles. The van der Waals surface area contributed by atoms with Crippen molar-refractivity contribution >= 4 is 11.9 Å². The van der Waals surface area contributed by atoms with Crippen molar-refractivity contribution in [1.29, 1.82) is 0 Å². The number of unbranched alkanes of at least 4 members (excludes halogenated alkanes) is 12. The lowest BCUT2D eigenvalue weighted by Crippen LogP contribution is -2.21. The van der Waals surface area contributed by atoms with Crippen molar-refractivity contribution < 1.29 is 19.4 Å². The lowest BCUT2D eigenvalue weighted by Gasteiger charge is -2.16. The van der Waals surface area contributed by atoms with Crippen molar-refractivity contribution in [3.8, 4) is 0 Å². The first-order valence-corrected chi connectivity index (χ1v) is 15.6. The van der Waals surface area contributed by atoms with E-state index in [0.717, 1.165) is 57.8 Å². The van der Waals surface area contributed by atoms with E-state index in [9.17, 15) is 14.7 Å². The molecule has 0 radical (unpaired) electrons. The van der Waals surface area contributed by atoms with Crippen LogP contribution in [0.3, 0.4) is 0 Å². The van der Waals surface area contributed by atoms with Crippen LogP contribution in [0.25, 0.3) is 0 Å². The van der Waals surface area contributed by atoms with E-state index in [4.69, 9.17) is 4.74 Å². The monoisotopic (exact) mass is 530 g/mol. The summed E-state index contributed by atoms with van der Waals surface area (Å²) in [4.78, 5) is 23.4. The summed E-state index contributed by atoms with van der Waals surface area (Å²) in [6.45, 7) is 4.39. The number of allylic oxidation sites excluding steroid dienone is 8. The van der Waals surface area contributed by atoms with Gasteiger partial charge in [-0.25, -0.2) is 0 Å². The molecule has 0 aromatic rings. The van der Waals surface area contributed by atoms with Gasteiger partial charge in [-0.05, 0) is 57.8 Å². The molecule has 38 heavy (non-hydrogen) atoms. The number of rotatable bonds is 27. The molecule has 0 aromatic heterocycles. The molecule has 4 heteroatoms. The third-order valence-corrected chi connectivity index (χ3v) is 6.55. The highest BCUT2D eigenvalue weighted by atomic mass is 16.5. The van der Waals surface area contributed by atoms with Crippen LogP contribution in [0.15, 0.2) is 48.6 Å². The van der Waals surface area contributed by atoms with Gasteiger partial charge in [-0.2, -0.15) is 0 Å². The zero-order chi connectivity index (χ0) is 27.9. The summed E-state index contributed by atoms with van der Waals surface area (Å²) < 4.78 is 5.52. The minimum absolute atomic E-state index is 0.0918. The fraction of sp³-hybridized carbons (Fsp3) is 0.706. The van der Waals surface area contributed by atoms with Gasteiger partial charge in [0.05, 0.1) is 6.42 Å². The third-order valence-electron chi connectivity index (χ3n) is 6.55. The summed E-state index contributed by atoms with van der Waals surface area (Å²) in [5, 5.41) is 9.18. The maximum absolute atomic E-state index is 12.2. The Kier molecular flexibility index (Phi) is 27.8. The van der Waals surface area contributed by atoms with Crippen LogP contribution >= 0.6 is 0 Å². The van der Waals surface area contributed by atoms with E-state index < -0.39 is 12.1 Å². The Balaban J connectivity index is 3.83. The van der Waals surface area contributed by atoms with Crippen LogP contribution in [-0.2, 0) is 14.3 Å². The van der Waals surface area contributed by atoms with Crippen molar-refractivity contribution in [2.24, 2.45) is 0 Å². The maximum atomic E-state index is 12.2. The van der Waals surface area contributed by atoms with Crippen LogP contribution in [0.2, 0.25) is 0 Å². The fourth-order valence-corrected chi connectivity index (χ4v) is 4.31.